The van der Waals surface area contributed by atoms with Crippen molar-refractivity contribution >= 4 is 0 Å². The first kappa shape index (κ1) is 10.3. The number of nitrogens with zero attached hydrogens (tertiary/aromatic N) is 1. The highest BCUT2D eigenvalue weighted by Crippen LogP contribution is 2.39. The van der Waals surface area contributed by atoms with Gasteiger partial charge in [0.15, 0.2) is 0 Å². The van der Waals surface area contributed by atoms with Crippen LogP contribution in [0.1, 0.15) is 43.4 Å². The van der Waals surface area contributed by atoms with Gasteiger partial charge in [0.05, 0.1) is 0 Å². The molecule has 86 valence electrons. The van der Waals surface area contributed by atoms with Crippen LogP contribution in [0.15, 0.2) is 18.2 Å². The van der Waals surface area contributed by atoms with E-state index in [0.717, 1.165) is 6.04 Å². The molecule has 1 saturated carbocycles. The van der Waals surface area contributed by atoms with Gasteiger partial charge >= 0.3 is 0 Å². The van der Waals surface area contributed by atoms with E-state index in [1.807, 2.05) is 0 Å². The number of aryl methyl sites for hydroxylation is 1. The Kier molecular flexibility index (Phi) is 2.16. The first-order chi connectivity index (χ1) is 7.56. The zero-order valence-electron chi connectivity index (χ0n) is 10.6. The number of benzene rings is 1. The summed E-state index contributed by atoms with van der Waals surface area (Å²) in [5.41, 5.74) is 4.84. The van der Waals surface area contributed by atoms with Crippen molar-refractivity contribution in [3.8, 4) is 0 Å². The van der Waals surface area contributed by atoms with E-state index >= 15 is 0 Å². The molecule has 1 aliphatic heterocycles. The van der Waals surface area contributed by atoms with Gasteiger partial charge in [-0.25, -0.2) is 0 Å². The molecule has 1 aromatic rings. The molecule has 1 aliphatic carbocycles. The molecule has 0 atom stereocenters. The Bertz CT molecular complexity index is 415. The average molecular weight is 215 g/mol. The van der Waals surface area contributed by atoms with Crippen molar-refractivity contribution < 1.29 is 0 Å². The molecule has 1 nitrogen and oxygen atoms in total. The zero-order chi connectivity index (χ0) is 11.3. The number of rotatable bonds is 1. The quantitative estimate of drug-likeness (QED) is 0.695. The number of hydrogen-bond acceptors (Lipinski definition) is 1. The Hall–Kier alpha value is -0.820. The lowest BCUT2D eigenvalue weighted by Crippen LogP contribution is -2.43. The van der Waals surface area contributed by atoms with Gasteiger partial charge in [0.25, 0.3) is 0 Å². The predicted molar refractivity (Wildman–Crippen MR) is 67.6 cm³/mol. The van der Waals surface area contributed by atoms with E-state index < -0.39 is 0 Å². The smallest absolute Gasteiger partial charge is 0.0239 e. The maximum Gasteiger partial charge on any atom is 0.0239 e. The summed E-state index contributed by atoms with van der Waals surface area (Å²) in [6.07, 6.45) is 2.83. The van der Waals surface area contributed by atoms with Crippen LogP contribution >= 0.6 is 0 Å². The van der Waals surface area contributed by atoms with Crippen LogP contribution < -0.4 is 0 Å². The van der Waals surface area contributed by atoms with E-state index in [1.165, 1.54) is 31.5 Å². The van der Waals surface area contributed by atoms with E-state index in [-0.39, 0.29) is 0 Å². The third-order valence-corrected chi connectivity index (χ3v) is 4.03. The van der Waals surface area contributed by atoms with Gasteiger partial charge in [-0.1, -0.05) is 37.6 Å². The summed E-state index contributed by atoms with van der Waals surface area (Å²) >= 11 is 0. The largest absolute Gasteiger partial charge is 0.295 e. The molecule has 0 bridgehead atoms. The Morgan fingerprint density at radius 2 is 2.00 bits per heavy atom. The Labute approximate surface area is 98.5 Å². The van der Waals surface area contributed by atoms with Crippen LogP contribution in [-0.2, 0) is 12.0 Å². The topological polar surface area (TPSA) is 3.24 Å². The molecule has 2 aliphatic rings. The Morgan fingerprint density at radius 1 is 1.25 bits per heavy atom. The second kappa shape index (κ2) is 3.33. The lowest BCUT2D eigenvalue weighted by atomic mass is 9.77. The SMILES string of the molecule is Cc1ccc2c(c1)C(C)(C)CN(C1CC1)C2. The molecule has 1 aromatic carbocycles. The monoisotopic (exact) mass is 215 g/mol. The minimum Gasteiger partial charge on any atom is -0.295 e. The molecular weight excluding hydrogens is 194 g/mol. The standard InChI is InChI=1S/C15H21N/c1-11-4-5-12-9-16(13-6-7-13)10-15(2,3)14(12)8-11/h4-5,8,13H,6-7,9-10H2,1-3H3. The van der Waals surface area contributed by atoms with Crippen LogP contribution in [0.25, 0.3) is 0 Å². The molecule has 0 amide bonds. The third kappa shape index (κ3) is 1.67. The van der Waals surface area contributed by atoms with Crippen molar-refractivity contribution in [3.63, 3.8) is 0 Å². The molecule has 3 rings (SSSR count). The number of fused-ring (bicyclic) bond motifs is 1. The molecule has 16 heavy (non-hydrogen) atoms. The molecule has 0 radical (unpaired) electrons. The van der Waals surface area contributed by atoms with E-state index in [0.29, 0.717) is 5.41 Å². The van der Waals surface area contributed by atoms with Crippen LogP contribution in [0.2, 0.25) is 0 Å². The fourth-order valence-corrected chi connectivity index (χ4v) is 3.02. The van der Waals surface area contributed by atoms with Crippen molar-refractivity contribution in [1.29, 1.82) is 0 Å². The summed E-state index contributed by atoms with van der Waals surface area (Å²) in [5.74, 6) is 0. The highest BCUT2D eigenvalue weighted by atomic mass is 15.2. The molecule has 0 spiro atoms. The maximum absolute atomic E-state index is 2.68. The van der Waals surface area contributed by atoms with Gasteiger partial charge in [0.2, 0.25) is 0 Å². The van der Waals surface area contributed by atoms with Gasteiger partial charge in [0.1, 0.15) is 0 Å². The summed E-state index contributed by atoms with van der Waals surface area (Å²) in [7, 11) is 0. The normalized spacial score (nSPS) is 24.2. The molecule has 0 saturated heterocycles. The summed E-state index contributed by atoms with van der Waals surface area (Å²) < 4.78 is 0. The van der Waals surface area contributed by atoms with Gasteiger partial charge in [-0.15, -0.1) is 0 Å². The van der Waals surface area contributed by atoms with Crippen molar-refractivity contribution in [2.24, 2.45) is 0 Å². The molecule has 0 N–H and O–H groups in total. The second-order valence-electron chi connectivity index (χ2n) is 6.18. The van der Waals surface area contributed by atoms with Crippen molar-refractivity contribution in [2.75, 3.05) is 6.54 Å². The van der Waals surface area contributed by atoms with E-state index in [2.05, 4.69) is 43.9 Å². The van der Waals surface area contributed by atoms with Gasteiger partial charge in [0, 0.05) is 24.5 Å². The highest BCUT2D eigenvalue weighted by Gasteiger charge is 2.38. The fourth-order valence-electron chi connectivity index (χ4n) is 3.02. The minimum atomic E-state index is 0.322. The first-order valence-electron chi connectivity index (χ1n) is 6.40. The maximum atomic E-state index is 2.68. The van der Waals surface area contributed by atoms with Crippen LogP contribution in [0, 0.1) is 6.92 Å². The zero-order valence-corrected chi connectivity index (χ0v) is 10.6. The minimum absolute atomic E-state index is 0.322. The third-order valence-electron chi connectivity index (χ3n) is 4.03. The lowest BCUT2D eigenvalue weighted by Gasteiger charge is -2.40. The van der Waals surface area contributed by atoms with Crippen molar-refractivity contribution in [1.82, 2.24) is 4.90 Å². The Morgan fingerprint density at radius 3 is 2.69 bits per heavy atom. The molecule has 1 fully saturated rings. The van der Waals surface area contributed by atoms with Gasteiger partial charge in [-0.2, -0.15) is 0 Å². The Balaban J connectivity index is 2.00. The highest BCUT2D eigenvalue weighted by molar-refractivity contribution is 5.39. The van der Waals surface area contributed by atoms with Gasteiger partial charge in [-0.3, -0.25) is 4.90 Å². The predicted octanol–water partition coefficient (Wildman–Crippen LogP) is 3.25. The molecular formula is C15H21N. The van der Waals surface area contributed by atoms with Crippen LogP contribution in [0.4, 0.5) is 0 Å². The van der Waals surface area contributed by atoms with Gasteiger partial charge < -0.3 is 0 Å². The summed E-state index contributed by atoms with van der Waals surface area (Å²) in [6, 6.07) is 7.86. The first-order valence-corrected chi connectivity index (χ1v) is 6.40. The summed E-state index contributed by atoms with van der Waals surface area (Å²) in [4.78, 5) is 2.68. The summed E-state index contributed by atoms with van der Waals surface area (Å²) in [5, 5.41) is 0. The molecule has 0 aromatic heterocycles. The van der Waals surface area contributed by atoms with E-state index in [1.54, 1.807) is 11.1 Å². The lowest BCUT2D eigenvalue weighted by molar-refractivity contribution is 0.185. The van der Waals surface area contributed by atoms with Crippen LogP contribution in [0.3, 0.4) is 0 Å². The summed E-state index contributed by atoms with van der Waals surface area (Å²) in [6.45, 7) is 9.38. The molecule has 0 unspecified atom stereocenters. The van der Waals surface area contributed by atoms with E-state index in [9.17, 15) is 0 Å². The van der Waals surface area contributed by atoms with Crippen molar-refractivity contribution in [3.05, 3.63) is 34.9 Å². The average Bonchev–Trinajstić information content (AvgIpc) is 3.01. The number of hydrogen-bond donors (Lipinski definition) is 0. The van der Waals surface area contributed by atoms with Crippen LogP contribution in [-0.4, -0.2) is 17.5 Å². The van der Waals surface area contributed by atoms with Crippen molar-refractivity contribution in [2.45, 2.75) is 51.6 Å². The van der Waals surface area contributed by atoms with Crippen LogP contribution in [0.5, 0.6) is 0 Å². The molecule has 1 heteroatoms. The van der Waals surface area contributed by atoms with E-state index in [4.69, 9.17) is 0 Å². The van der Waals surface area contributed by atoms with Gasteiger partial charge in [-0.05, 0) is 30.9 Å². The molecule has 1 heterocycles. The fraction of sp³-hybridized carbons (Fsp3) is 0.600. The second-order valence-corrected chi connectivity index (χ2v) is 6.18.